The molecule has 3 heteroatoms. The van der Waals surface area contributed by atoms with Gasteiger partial charge in [-0.05, 0) is 87.8 Å². The molecule has 0 fully saturated rings. The summed E-state index contributed by atoms with van der Waals surface area (Å²) in [6.07, 6.45) is 3.48. The molecule has 0 spiro atoms. The van der Waals surface area contributed by atoms with Crippen molar-refractivity contribution in [1.82, 2.24) is 0 Å². The van der Waals surface area contributed by atoms with Gasteiger partial charge in [-0.25, -0.2) is 0 Å². The molecule has 0 radical (unpaired) electrons. The second-order valence-corrected chi connectivity index (χ2v) is 10.5. The van der Waals surface area contributed by atoms with Crippen molar-refractivity contribution in [3.63, 3.8) is 0 Å². The normalized spacial score (nSPS) is 12.5. The predicted molar refractivity (Wildman–Crippen MR) is 138 cm³/mol. The number of carbonyl (C=O) groups is 1. The summed E-state index contributed by atoms with van der Waals surface area (Å²) in [6.45, 7) is 21.1. The molecule has 0 atom stereocenters. The highest BCUT2D eigenvalue weighted by Crippen LogP contribution is 2.37. The van der Waals surface area contributed by atoms with Crippen LogP contribution >= 0.6 is 0 Å². The molecule has 2 aromatic carbocycles. The Bertz CT molecular complexity index is 963. The van der Waals surface area contributed by atoms with Crippen molar-refractivity contribution < 1.29 is 14.3 Å². The van der Waals surface area contributed by atoms with Crippen molar-refractivity contribution in [3.8, 4) is 11.5 Å². The topological polar surface area (TPSA) is 35.5 Å². The molecule has 0 amide bonds. The van der Waals surface area contributed by atoms with Crippen LogP contribution in [0.25, 0.3) is 0 Å². The lowest BCUT2D eigenvalue weighted by Gasteiger charge is -2.31. The van der Waals surface area contributed by atoms with Gasteiger partial charge in [-0.2, -0.15) is 0 Å². The molecule has 2 rings (SSSR count). The van der Waals surface area contributed by atoms with Crippen molar-refractivity contribution in [1.29, 1.82) is 0 Å². The summed E-state index contributed by atoms with van der Waals surface area (Å²) in [6, 6.07) is 12.7. The first-order valence-electron chi connectivity index (χ1n) is 12.5. The molecule has 0 aliphatic carbocycles. The lowest BCUT2D eigenvalue weighted by molar-refractivity contribution is -0.145. The Morgan fingerprint density at radius 2 is 1.18 bits per heavy atom. The minimum Gasteiger partial charge on any atom is -0.487 e. The van der Waals surface area contributed by atoms with E-state index < -0.39 is 5.41 Å². The van der Waals surface area contributed by atoms with E-state index in [2.05, 4.69) is 71.9 Å². The van der Waals surface area contributed by atoms with Gasteiger partial charge >= 0.3 is 5.97 Å². The molecular weight excluding hydrogens is 408 g/mol. The molecule has 182 valence electrons. The lowest BCUT2D eigenvalue weighted by atomic mass is 9.77. The molecule has 0 saturated carbocycles. The van der Waals surface area contributed by atoms with Gasteiger partial charge in [0.25, 0.3) is 0 Å². The van der Waals surface area contributed by atoms with E-state index in [0.29, 0.717) is 5.75 Å². The van der Waals surface area contributed by atoms with Crippen molar-refractivity contribution in [2.45, 2.75) is 106 Å². The monoisotopic (exact) mass is 452 g/mol. The Hall–Kier alpha value is -2.29. The zero-order valence-corrected chi connectivity index (χ0v) is 22.5. The largest absolute Gasteiger partial charge is 0.487 e. The predicted octanol–water partition coefficient (Wildman–Crippen LogP) is 8.32. The Kier molecular flexibility index (Phi) is 8.43. The maximum Gasteiger partial charge on any atom is 0.317 e. The summed E-state index contributed by atoms with van der Waals surface area (Å²) >= 11 is 0. The van der Waals surface area contributed by atoms with Gasteiger partial charge in [0.2, 0.25) is 0 Å². The van der Waals surface area contributed by atoms with Gasteiger partial charge in [-0.15, -0.1) is 0 Å². The summed E-state index contributed by atoms with van der Waals surface area (Å²) in [7, 11) is 0. The maximum atomic E-state index is 12.7. The Morgan fingerprint density at radius 1 is 0.727 bits per heavy atom. The quantitative estimate of drug-likeness (QED) is 0.268. The first-order chi connectivity index (χ1) is 15.4. The molecule has 3 nitrogen and oxygen atoms in total. The third-order valence-electron chi connectivity index (χ3n) is 7.90. The van der Waals surface area contributed by atoms with Gasteiger partial charge < -0.3 is 9.47 Å². The van der Waals surface area contributed by atoms with Crippen LogP contribution in [0.5, 0.6) is 11.5 Å². The molecule has 0 heterocycles. The number of benzene rings is 2. The Labute approximate surface area is 201 Å². The number of ether oxygens (including phenoxy) is 2. The van der Waals surface area contributed by atoms with E-state index in [4.69, 9.17) is 9.47 Å². The van der Waals surface area contributed by atoms with Crippen LogP contribution in [0.2, 0.25) is 0 Å². The number of hydrogen-bond donors (Lipinski definition) is 0. The zero-order chi connectivity index (χ0) is 25.0. The molecule has 33 heavy (non-hydrogen) atoms. The van der Waals surface area contributed by atoms with E-state index in [1.807, 2.05) is 33.8 Å². The molecule has 0 bridgehead atoms. The lowest BCUT2D eigenvalue weighted by Crippen LogP contribution is -2.31. The highest BCUT2D eigenvalue weighted by molar-refractivity contribution is 5.79. The second-order valence-electron chi connectivity index (χ2n) is 10.5. The van der Waals surface area contributed by atoms with Gasteiger partial charge in [0.05, 0.1) is 5.41 Å². The number of esters is 1. The van der Waals surface area contributed by atoms with Crippen LogP contribution in [0.4, 0.5) is 0 Å². The van der Waals surface area contributed by atoms with Crippen LogP contribution in [-0.2, 0) is 10.2 Å². The minimum absolute atomic E-state index is 0.141. The fraction of sp³-hybridized carbons (Fsp3) is 0.567. The summed E-state index contributed by atoms with van der Waals surface area (Å²) in [5.74, 6) is 1.44. The Balaban J connectivity index is 2.31. The fourth-order valence-corrected chi connectivity index (χ4v) is 3.89. The number of hydrogen-bond acceptors (Lipinski definition) is 3. The smallest absolute Gasteiger partial charge is 0.317 e. The van der Waals surface area contributed by atoms with E-state index in [0.717, 1.165) is 42.6 Å². The van der Waals surface area contributed by atoms with Crippen LogP contribution in [0, 0.1) is 19.3 Å². The number of carbonyl (C=O) groups excluding carboxylic acids is 1. The van der Waals surface area contributed by atoms with E-state index >= 15 is 0 Å². The number of rotatable bonds is 10. The van der Waals surface area contributed by atoms with Crippen LogP contribution in [0.15, 0.2) is 36.4 Å². The van der Waals surface area contributed by atoms with Crippen molar-refractivity contribution in [3.05, 3.63) is 58.7 Å². The van der Waals surface area contributed by atoms with Crippen LogP contribution < -0.4 is 9.47 Å². The molecular formula is C30H44O3. The van der Waals surface area contributed by atoms with E-state index in [1.165, 1.54) is 11.1 Å². The third-order valence-corrected chi connectivity index (χ3v) is 7.90. The van der Waals surface area contributed by atoms with E-state index in [9.17, 15) is 4.79 Å². The Morgan fingerprint density at radius 3 is 1.58 bits per heavy atom. The summed E-state index contributed by atoms with van der Waals surface area (Å²) in [5.41, 5.74) is 3.76. The van der Waals surface area contributed by atoms with Crippen molar-refractivity contribution >= 4 is 5.97 Å². The standard InChI is InChI=1S/C30H44O3/c1-11-29(9,12-2)27(31)32-25-17-15-23(19-21(25)5)28(7,8)24-16-18-26(22(6)20-24)33-30(10,13-3)14-4/h15-20H,11-14H2,1-10H3. The molecule has 0 aliphatic heterocycles. The molecule has 0 aromatic heterocycles. The van der Waals surface area contributed by atoms with Gasteiger partial charge in [-0.3, -0.25) is 4.79 Å². The fourth-order valence-electron chi connectivity index (χ4n) is 3.89. The summed E-state index contributed by atoms with van der Waals surface area (Å²) in [5, 5.41) is 0. The molecule has 2 aromatic rings. The molecule has 0 saturated heterocycles. The average molecular weight is 453 g/mol. The van der Waals surface area contributed by atoms with Crippen LogP contribution in [-0.4, -0.2) is 11.6 Å². The summed E-state index contributed by atoms with van der Waals surface area (Å²) < 4.78 is 12.2. The van der Waals surface area contributed by atoms with Gasteiger partial charge in [0.1, 0.15) is 17.1 Å². The summed E-state index contributed by atoms with van der Waals surface area (Å²) in [4.78, 5) is 12.7. The van der Waals surface area contributed by atoms with Crippen molar-refractivity contribution in [2.24, 2.45) is 5.41 Å². The molecule has 0 N–H and O–H groups in total. The van der Waals surface area contributed by atoms with Crippen LogP contribution in [0.1, 0.15) is 103 Å². The third kappa shape index (κ3) is 5.80. The zero-order valence-electron chi connectivity index (χ0n) is 22.5. The van der Waals surface area contributed by atoms with Gasteiger partial charge in [0.15, 0.2) is 0 Å². The SMILES string of the molecule is CCC(C)(CC)Oc1ccc(C(C)(C)c2ccc(OC(=O)C(C)(CC)CC)c(C)c2)cc1C. The van der Waals surface area contributed by atoms with E-state index in [1.54, 1.807) is 0 Å². The second kappa shape index (κ2) is 10.3. The van der Waals surface area contributed by atoms with Gasteiger partial charge in [-0.1, -0.05) is 65.8 Å². The van der Waals surface area contributed by atoms with Crippen LogP contribution in [0.3, 0.4) is 0 Å². The maximum absolute atomic E-state index is 12.7. The molecule has 0 unspecified atom stereocenters. The molecule has 0 aliphatic rings. The number of aryl methyl sites for hydroxylation is 2. The van der Waals surface area contributed by atoms with E-state index in [-0.39, 0.29) is 17.0 Å². The van der Waals surface area contributed by atoms with Gasteiger partial charge in [0, 0.05) is 5.41 Å². The highest BCUT2D eigenvalue weighted by Gasteiger charge is 2.32. The van der Waals surface area contributed by atoms with Crippen molar-refractivity contribution in [2.75, 3.05) is 0 Å². The first kappa shape index (κ1) is 27.0. The average Bonchev–Trinajstić information content (AvgIpc) is 2.80. The highest BCUT2D eigenvalue weighted by atomic mass is 16.5. The minimum atomic E-state index is -0.447. The first-order valence-corrected chi connectivity index (χ1v) is 12.5.